The topological polar surface area (TPSA) is 36.1 Å². The van der Waals surface area contributed by atoms with Gasteiger partial charge in [0, 0.05) is 54.3 Å². The van der Waals surface area contributed by atoms with Gasteiger partial charge in [-0.2, -0.15) is 0 Å². The molecule has 0 bridgehead atoms. The van der Waals surface area contributed by atoms with E-state index in [0.29, 0.717) is 0 Å². The van der Waals surface area contributed by atoms with Crippen molar-refractivity contribution in [1.82, 2.24) is 9.13 Å². The molecule has 4 nitrogen and oxygen atoms in total. The molecule has 0 fully saturated rings. The van der Waals surface area contributed by atoms with Gasteiger partial charge in [-0.25, -0.2) is 0 Å². The number of fused-ring (bicyclic) bond motifs is 13. The standard InChI is InChI=1S/C48H28N2O2/c1-2-12-29(13-3-1)35-28-46-37(27-42(35)50-40-20-10-6-16-33(40)34-17-7-11-21-41(34)50)48-45(52-46)25-24-44-47(48)36-26-30(22-23-43(36)51-44)49-38-18-8-4-14-31(38)32-15-5-9-19-39(32)49/h1-28H. The summed E-state index contributed by atoms with van der Waals surface area (Å²) in [7, 11) is 0. The van der Waals surface area contributed by atoms with E-state index >= 15 is 0 Å². The van der Waals surface area contributed by atoms with Crippen LogP contribution in [0.25, 0.3) is 110 Å². The molecule has 0 saturated heterocycles. The Bertz CT molecular complexity index is 3300. The third kappa shape index (κ3) is 3.70. The minimum atomic E-state index is 0.839. The number of nitrogens with zero attached hydrogens (tertiary/aromatic N) is 2. The van der Waals surface area contributed by atoms with Crippen molar-refractivity contribution in [3.63, 3.8) is 0 Å². The molecule has 0 aliphatic rings. The van der Waals surface area contributed by atoms with Crippen LogP contribution >= 0.6 is 0 Å². The van der Waals surface area contributed by atoms with Gasteiger partial charge >= 0.3 is 0 Å². The molecule has 0 unspecified atom stereocenters. The fourth-order valence-electron chi connectivity index (χ4n) is 8.71. The summed E-state index contributed by atoms with van der Waals surface area (Å²) in [4.78, 5) is 0. The number of furan rings is 2. The minimum Gasteiger partial charge on any atom is -0.456 e. The van der Waals surface area contributed by atoms with Crippen molar-refractivity contribution in [2.24, 2.45) is 0 Å². The van der Waals surface area contributed by atoms with E-state index in [-0.39, 0.29) is 0 Å². The number of rotatable bonds is 3. The van der Waals surface area contributed by atoms with Crippen molar-refractivity contribution in [3.8, 4) is 22.5 Å². The van der Waals surface area contributed by atoms with E-state index in [1.54, 1.807) is 0 Å². The van der Waals surface area contributed by atoms with Crippen molar-refractivity contribution in [2.45, 2.75) is 0 Å². The maximum absolute atomic E-state index is 6.75. The molecule has 8 aromatic carbocycles. The van der Waals surface area contributed by atoms with Crippen molar-refractivity contribution in [3.05, 3.63) is 170 Å². The number of benzene rings is 8. The summed E-state index contributed by atoms with van der Waals surface area (Å²) in [6.07, 6.45) is 0. The Morgan fingerprint density at radius 2 is 0.788 bits per heavy atom. The van der Waals surface area contributed by atoms with E-state index < -0.39 is 0 Å². The summed E-state index contributed by atoms with van der Waals surface area (Å²) in [6, 6.07) is 60.5. The van der Waals surface area contributed by atoms with Crippen LogP contribution in [-0.4, -0.2) is 9.13 Å². The van der Waals surface area contributed by atoms with Gasteiger partial charge in [0.25, 0.3) is 0 Å². The molecule has 4 aromatic heterocycles. The zero-order valence-corrected chi connectivity index (χ0v) is 27.9. The molecule has 242 valence electrons. The fourth-order valence-corrected chi connectivity index (χ4v) is 8.71. The highest BCUT2D eigenvalue weighted by Crippen LogP contribution is 2.45. The number of hydrogen-bond acceptors (Lipinski definition) is 2. The van der Waals surface area contributed by atoms with Gasteiger partial charge in [-0.05, 0) is 72.3 Å². The number of para-hydroxylation sites is 4. The summed E-state index contributed by atoms with van der Waals surface area (Å²) < 4.78 is 18.1. The van der Waals surface area contributed by atoms with E-state index in [1.807, 2.05) is 6.07 Å². The molecular weight excluding hydrogens is 637 g/mol. The average Bonchev–Trinajstić information content (AvgIpc) is 3.95. The van der Waals surface area contributed by atoms with Gasteiger partial charge < -0.3 is 18.0 Å². The van der Waals surface area contributed by atoms with Gasteiger partial charge in [0.2, 0.25) is 0 Å². The lowest BCUT2D eigenvalue weighted by Crippen LogP contribution is -1.97. The van der Waals surface area contributed by atoms with Crippen LogP contribution in [0, 0.1) is 0 Å². The van der Waals surface area contributed by atoms with Gasteiger partial charge in [0.05, 0.1) is 27.8 Å². The zero-order valence-electron chi connectivity index (χ0n) is 27.9. The lowest BCUT2D eigenvalue weighted by Gasteiger charge is -2.14. The van der Waals surface area contributed by atoms with Crippen LogP contribution in [0.3, 0.4) is 0 Å². The van der Waals surface area contributed by atoms with E-state index in [0.717, 1.165) is 66.4 Å². The largest absolute Gasteiger partial charge is 0.456 e. The first-order valence-corrected chi connectivity index (χ1v) is 17.7. The van der Waals surface area contributed by atoms with Crippen molar-refractivity contribution >= 4 is 87.5 Å². The normalized spacial score (nSPS) is 12.2. The van der Waals surface area contributed by atoms with Crippen LogP contribution in [0.4, 0.5) is 0 Å². The van der Waals surface area contributed by atoms with Crippen molar-refractivity contribution in [1.29, 1.82) is 0 Å². The fraction of sp³-hybridized carbons (Fsp3) is 0. The predicted molar refractivity (Wildman–Crippen MR) is 215 cm³/mol. The van der Waals surface area contributed by atoms with Gasteiger partial charge in [0.1, 0.15) is 22.3 Å². The minimum absolute atomic E-state index is 0.839. The smallest absolute Gasteiger partial charge is 0.136 e. The second kappa shape index (κ2) is 10.3. The summed E-state index contributed by atoms with van der Waals surface area (Å²) in [6.45, 7) is 0. The van der Waals surface area contributed by atoms with Crippen molar-refractivity contribution in [2.75, 3.05) is 0 Å². The first-order valence-electron chi connectivity index (χ1n) is 17.7. The molecule has 4 heteroatoms. The Hall–Kier alpha value is -7.04. The summed E-state index contributed by atoms with van der Waals surface area (Å²) in [5.74, 6) is 0. The van der Waals surface area contributed by atoms with Gasteiger partial charge in [-0.15, -0.1) is 0 Å². The maximum Gasteiger partial charge on any atom is 0.136 e. The maximum atomic E-state index is 6.75. The first-order chi connectivity index (χ1) is 25.8. The van der Waals surface area contributed by atoms with Crippen molar-refractivity contribution < 1.29 is 8.83 Å². The molecule has 12 aromatic rings. The first kappa shape index (κ1) is 27.7. The molecule has 0 spiro atoms. The SMILES string of the molecule is c1ccc(-c2cc3oc4ccc5oc6ccc(-n7c8ccccc8c8ccccc87)cc6c5c4c3cc2-n2c3ccccc3c3ccccc32)cc1. The van der Waals surface area contributed by atoms with Gasteiger partial charge in [-0.3, -0.25) is 0 Å². The second-order valence-electron chi connectivity index (χ2n) is 13.7. The number of aromatic nitrogens is 2. The number of hydrogen-bond donors (Lipinski definition) is 0. The van der Waals surface area contributed by atoms with E-state index in [9.17, 15) is 0 Å². The monoisotopic (exact) mass is 664 g/mol. The Balaban J connectivity index is 1.20. The molecule has 0 radical (unpaired) electrons. The van der Waals surface area contributed by atoms with Gasteiger partial charge in [0.15, 0.2) is 0 Å². The third-order valence-electron chi connectivity index (χ3n) is 10.9. The van der Waals surface area contributed by atoms with Crippen LogP contribution in [0.15, 0.2) is 179 Å². The molecule has 12 rings (SSSR count). The van der Waals surface area contributed by atoms with Crippen LogP contribution in [0.1, 0.15) is 0 Å². The third-order valence-corrected chi connectivity index (χ3v) is 10.9. The molecular formula is C48H28N2O2. The van der Waals surface area contributed by atoms with E-state index in [2.05, 4.69) is 173 Å². The molecule has 0 aliphatic heterocycles. The van der Waals surface area contributed by atoms with Crippen LogP contribution in [-0.2, 0) is 0 Å². The van der Waals surface area contributed by atoms with E-state index in [4.69, 9.17) is 8.83 Å². The molecule has 52 heavy (non-hydrogen) atoms. The lowest BCUT2D eigenvalue weighted by molar-refractivity contribution is 0.663. The van der Waals surface area contributed by atoms with Crippen LogP contribution in [0.2, 0.25) is 0 Å². The summed E-state index contributed by atoms with van der Waals surface area (Å²) >= 11 is 0. The van der Waals surface area contributed by atoms with E-state index in [1.165, 1.54) is 43.6 Å². The average molecular weight is 665 g/mol. The molecule has 0 atom stereocenters. The quantitative estimate of drug-likeness (QED) is 0.188. The molecule has 0 saturated carbocycles. The Morgan fingerprint density at radius 1 is 0.327 bits per heavy atom. The molecule has 0 amide bonds. The highest BCUT2D eigenvalue weighted by atomic mass is 16.3. The van der Waals surface area contributed by atoms with Crippen LogP contribution < -0.4 is 0 Å². The predicted octanol–water partition coefficient (Wildman–Crippen LogP) is 13.3. The summed E-state index contributed by atoms with van der Waals surface area (Å²) in [5.41, 5.74) is 12.5. The summed E-state index contributed by atoms with van der Waals surface area (Å²) in [5, 5.41) is 9.19. The Morgan fingerprint density at radius 3 is 1.37 bits per heavy atom. The Kier molecular flexibility index (Phi) is 5.47. The molecule has 4 heterocycles. The van der Waals surface area contributed by atoms with Gasteiger partial charge in [-0.1, -0.05) is 103 Å². The molecule has 0 N–H and O–H groups in total. The lowest BCUT2D eigenvalue weighted by atomic mass is 9.99. The molecule has 0 aliphatic carbocycles. The highest BCUT2D eigenvalue weighted by molar-refractivity contribution is 6.26. The van der Waals surface area contributed by atoms with Crippen LogP contribution in [0.5, 0.6) is 0 Å². The second-order valence-corrected chi connectivity index (χ2v) is 13.7. The zero-order chi connectivity index (χ0) is 33.9. The highest BCUT2D eigenvalue weighted by Gasteiger charge is 2.22. The Labute approximate surface area is 296 Å².